The van der Waals surface area contributed by atoms with Crippen LogP contribution in [-0.4, -0.2) is 84.2 Å². The third-order valence-corrected chi connectivity index (χ3v) is 8.11. The normalized spacial score (nSPS) is 27.4. The Morgan fingerprint density at radius 3 is 2.59 bits per heavy atom. The molecular formula is C26H45N7O. The van der Waals surface area contributed by atoms with Crippen LogP contribution < -0.4 is 15.1 Å². The second-order valence-electron chi connectivity index (χ2n) is 11.2. The Morgan fingerprint density at radius 2 is 1.91 bits per heavy atom. The summed E-state index contributed by atoms with van der Waals surface area (Å²) in [6.07, 6.45) is 8.71. The van der Waals surface area contributed by atoms with Gasteiger partial charge in [-0.2, -0.15) is 4.98 Å². The van der Waals surface area contributed by atoms with Crippen LogP contribution in [0.4, 0.5) is 17.5 Å². The zero-order chi connectivity index (χ0) is 24.4. The van der Waals surface area contributed by atoms with E-state index in [4.69, 9.17) is 9.97 Å². The summed E-state index contributed by atoms with van der Waals surface area (Å²) >= 11 is 0. The molecule has 1 aromatic heterocycles. The largest absolute Gasteiger partial charge is 0.358 e. The second-order valence-corrected chi connectivity index (χ2v) is 11.2. The first kappa shape index (κ1) is 25.2. The van der Waals surface area contributed by atoms with Gasteiger partial charge in [0.15, 0.2) is 12.0 Å². The van der Waals surface area contributed by atoms with E-state index in [1.54, 1.807) is 0 Å². The third kappa shape index (κ3) is 5.33. The van der Waals surface area contributed by atoms with E-state index in [2.05, 4.69) is 61.8 Å². The monoisotopic (exact) mass is 471 g/mol. The number of carbonyl (C=O) groups excluding carboxylic acids is 1. The van der Waals surface area contributed by atoms with Crippen molar-refractivity contribution >= 4 is 23.4 Å². The van der Waals surface area contributed by atoms with Crippen LogP contribution in [0.2, 0.25) is 0 Å². The number of nitrogens with zero attached hydrogens (tertiary/aromatic N) is 6. The van der Waals surface area contributed by atoms with Crippen molar-refractivity contribution in [2.45, 2.75) is 84.5 Å². The fourth-order valence-corrected chi connectivity index (χ4v) is 5.86. The summed E-state index contributed by atoms with van der Waals surface area (Å²) < 4.78 is 0. The van der Waals surface area contributed by atoms with Crippen molar-refractivity contribution in [2.24, 2.45) is 11.8 Å². The highest BCUT2D eigenvalue weighted by atomic mass is 16.2. The third-order valence-electron chi connectivity index (χ3n) is 8.11. The Kier molecular flexibility index (Phi) is 7.97. The number of rotatable bonds is 7. The first-order chi connectivity index (χ1) is 16.3. The number of likely N-dealkylation sites (N-methyl/N-ethyl adjacent to an activating group) is 1. The SMILES string of the molecule is CCC(C)N1C(=O)C(N2CCN(C)CC2)Nc2cnc(N(C)C3CCCC(CC(C)C)C3)nc21. The summed E-state index contributed by atoms with van der Waals surface area (Å²) in [5.41, 5.74) is 0.863. The van der Waals surface area contributed by atoms with Crippen LogP contribution >= 0.6 is 0 Å². The lowest BCUT2D eigenvalue weighted by Gasteiger charge is -2.44. The van der Waals surface area contributed by atoms with E-state index in [0.717, 1.165) is 61.9 Å². The van der Waals surface area contributed by atoms with Crippen LogP contribution in [0, 0.1) is 11.8 Å². The first-order valence-corrected chi connectivity index (χ1v) is 13.4. The predicted octanol–water partition coefficient (Wildman–Crippen LogP) is 3.65. The summed E-state index contributed by atoms with van der Waals surface area (Å²) in [4.78, 5) is 32.3. The summed E-state index contributed by atoms with van der Waals surface area (Å²) in [6, 6.07) is 0.541. The molecule has 1 N–H and O–H groups in total. The maximum absolute atomic E-state index is 13.7. The standard InChI is InChI=1S/C26H45N7O/c1-7-19(4)33-23-22(28-24(25(33)34)32-13-11-30(5)12-14-32)17-27-26(29-23)31(6)21-10-8-9-20(16-21)15-18(2)3/h17-21,24,28H,7-16H2,1-6H3. The maximum Gasteiger partial charge on any atom is 0.266 e. The van der Waals surface area contributed by atoms with E-state index in [9.17, 15) is 4.79 Å². The molecule has 1 aliphatic carbocycles. The molecule has 4 rings (SSSR count). The van der Waals surface area contributed by atoms with E-state index in [1.807, 2.05) is 11.1 Å². The lowest BCUT2D eigenvalue weighted by molar-refractivity contribution is -0.124. The molecule has 3 heterocycles. The lowest BCUT2D eigenvalue weighted by Crippen LogP contribution is -2.61. The minimum absolute atomic E-state index is 0.0847. The van der Waals surface area contributed by atoms with E-state index in [1.165, 1.54) is 32.1 Å². The van der Waals surface area contributed by atoms with Crippen molar-refractivity contribution in [3.8, 4) is 0 Å². The smallest absolute Gasteiger partial charge is 0.266 e. The average Bonchev–Trinajstić information content (AvgIpc) is 2.83. The van der Waals surface area contributed by atoms with Gasteiger partial charge in [-0.25, -0.2) is 4.98 Å². The van der Waals surface area contributed by atoms with Gasteiger partial charge < -0.3 is 15.1 Å². The highest BCUT2D eigenvalue weighted by molar-refractivity contribution is 6.04. The van der Waals surface area contributed by atoms with Crippen LogP contribution in [0.3, 0.4) is 0 Å². The number of nitrogens with one attached hydrogen (secondary N) is 1. The van der Waals surface area contributed by atoms with E-state index >= 15 is 0 Å². The van der Waals surface area contributed by atoms with Crippen molar-refractivity contribution in [3.63, 3.8) is 0 Å². The Labute approximate surface area is 206 Å². The summed E-state index contributed by atoms with van der Waals surface area (Å²) in [5, 5.41) is 3.49. The predicted molar refractivity (Wildman–Crippen MR) is 139 cm³/mol. The average molecular weight is 472 g/mol. The van der Waals surface area contributed by atoms with Gasteiger partial charge in [0.05, 0.1) is 11.9 Å². The molecule has 1 aromatic rings. The minimum atomic E-state index is -0.350. The molecule has 190 valence electrons. The number of carbonyl (C=O) groups is 1. The molecule has 2 fully saturated rings. The molecule has 4 unspecified atom stereocenters. The highest BCUT2D eigenvalue weighted by Gasteiger charge is 2.40. The zero-order valence-corrected chi connectivity index (χ0v) is 22.1. The topological polar surface area (TPSA) is 67.8 Å². The Morgan fingerprint density at radius 1 is 1.18 bits per heavy atom. The molecule has 2 aliphatic heterocycles. The highest BCUT2D eigenvalue weighted by Crippen LogP contribution is 2.36. The molecule has 8 heteroatoms. The van der Waals surface area contributed by atoms with Crippen LogP contribution in [0.25, 0.3) is 0 Å². The number of aromatic nitrogens is 2. The van der Waals surface area contributed by atoms with Crippen LogP contribution in [0.5, 0.6) is 0 Å². The first-order valence-electron chi connectivity index (χ1n) is 13.4. The molecule has 0 aromatic carbocycles. The van der Waals surface area contributed by atoms with Gasteiger partial charge in [-0.15, -0.1) is 0 Å². The van der Waals surface area contributed by atoms with Crippen LogP contribution in [-0.2, 0) is 4.79 Å². The zero-order valence-electron chi connectivity index (χ0n) is 22.1. The fraction of sp³-hybridized carbons (Fsp3) is 0.808. The number of piperazine rings is 1. The Hall–Kier alpha value is -1.93. The van der Waals surface area contributed by atoms with Crippen LogP contribution in [0.1, 0.15) is 66.2 Å². The Balaban J connectivity index is 1.57. The summed E-state index contributed by atoms with van der Waals surface area (Å²) in [7, 11) is 4.26. The van der Waals surface area contributed by atoms with Gasteiger partial charge in [0.25, 0.3) is 5.91 Å². The van der Waals surface area contributed by atoms with Gasteiger partial charge in [-0.3, -0.25) is 14.6 Å². The van der Waals surface area contributed by atoms with Crippen molar-refractivity contribution in [1.82, 2.24) is 19.8 Å². The number of hydrogen-bond acceptors (Lipinski definition) is 7. The van der Waals surface area contributed by atoms with Gasteiger partial charge in [0, 0.05) is 45.3 Å². The van der Waals surface area contributed by atoms with E-state index < -0.39 is 0 Å². The number of fused-ring (bicyclic) bond motifs is 1. The number of hydrogen-bond donors (Lipinski definition) is 1. The minimum Gasteiger partial charge on any atom is -0.358 e. The van der Waals surface area contributed by atoms with Crippen molar-refractivity contribution in [3.05, 3.63) is 6.20 Å². The number of amides is 1. The molecule has 3 aliphatic rings. The van der Waals surface area contributed by atoms with E-state index in [0.29, 0.717) is 6.04 Å². The molecule has 1 saturated heterocycles. The van der Waals surface area contributed by atoms with Crippen molar-refractivity contribution in [1.29, 1.82) is 0 Å². The van der Waals surface area contributed by atoms with Gasteiger partial charge in [-0.05, 0) is 51.5 Å². The van der Waals surface area contributed by atoms with Gasteiger partial charge in [-0.1, -0.05) is 33.6 Å². The maximum atomic E-state index is 13.7. The second kappa shape index (κ2) is 10.8. The quantitative estimate of drug-likeness (QED) is 0.651. The molecule has 0 bridgehead atoms. The molecular weight excluding hydrogens is 426 g/mol. The fourth-order valence-electron chi connectivity index (χ4n) is 5.86. The van der Waals surface area contributed by atoms with Crippen molar-refractivity contribution < 1.29 is 4.79 Å². The van der Waals surface area contributed by atoms with Crippen LogP contribution in [0.15, 0.2) is 6.20 Å². The molecule has 4 atom stereocenters. The molecule has 8 nitrogen and oxygen atoms in total. The molecule has 1 saturated carbocycles. The molecule has 1 amide bonds. The van der Waals surface area contributed by atoms with Gasteiger partial charge in [0.2, 0.25) is 5.95 Å². The molecule has 0 spiro atoms. The summed E-state index contributed by atoms with van der Waals surface area (Å²) in [5.74, 6) is 3.09. The van der Waals surface area contributed by atoms with Gasteiger partial charge >= 0.3 is 0 Å². The van der Waals surface area contributed by atoms with Crippen molar-refractivity contribution in [2.75, 3.05) is 55.4 Å². The molecule has 0 radical (unpaired) electrons. The van der Waals surface area contributed by atoms with E-state index in [-0.39, 0.29) is 18.1 Å². The lowest BCUT2D eigenvalue weighted by atomic mass is 9.80. The summed E-state index contributed by atoms with van der Waals surface area (Å²) in [6.45, 7) is 12.6. The molecule has 34 heavy (non-hydrogen) atoms. The Bertz CT molecular complexity index is 838. The number of anilines is 3. The van der Waals surface area contributed by atoms with Gasteiger partial charge in [0.1, 0.15) is 0 Å².